The molecule has 3 aromatic rings. The molecule has 0 saturated heterocycles. The predicted octanol–water partition coefficient (Wildman–Crippen LogP) is 3.59. The molecule has 0 fully saturated rings. The van der Waals surface area contributed by atoms with Crippen molar-refractivity contribution in [3.8, 4) is 11.3 Å². The van der Waals surface area contributed by atoms with Crippen molar-refractivity contribution in [3.63, 3.8) is 0 Å². The lowest BCUT2D eigenvalue weighted by molar-refractivity contribution is 0.276. The van der Waals surface area contributed by atoms with E-state index in [1.165, 1.54) is 6.07 Å². The number of nitrogens with zero attached hydrogens (tertiary/aromatic N) is 2. The van der Waals surface area contributed by atoms with Crippen LogP contribution >= 0.6 is 11.6 Å². The zero-order valence-corrected chi connectivity index (χ0v) is 11.5. The van der Waals surface area contributed by atoms with E-state index in [4.69, 9.17) is 11.6 Å². The van der Waals surface area contributed by atoms with Crippen LogP contribution in [0.5, 0.6) is 0 Å². The molecule has 102 valence electrons. The Morgan fingerprint density at radius 1 is 1.35 bits per heavy atom. The van der Waals surface area contributed by atoms with Crippen molar-refractivity contribution in [2.75, 3.05) is 0 Å². The Labute approximate surface area is 120 Å². The minimum Gasteiger partial charge on any atom is -0.390 e. The number of benzene rings is 1. The monoisotopic (exact) mass is 290 g/mol. The quantitative estimate of drug-likeness (QED) is 0.783. The minimum atomic E-state index is -0.417. The van der Waals surface area contributed by atoms with Crippen molar-refractivity contribution >= 4 is 17.2 Å². The summed E-state index contributed by atoms with van der Waals surface area (Å²) in [7, 11) is 0. The summed E-state index contributed by atoms with van der Waals surface area (Å²) in [5.41, 5.74) is 3.04. The van der Waals surface area contributed by atoms with E-state index in [2.05, 4.69) is 4.98 Å². The van der Waals surface area contributed by atoms with Crippen LogP contribution < -0.4 is 0 Å². The van der Waals surface area contributed by atoms with Gasteiger partial charge in [-0.15, -0.1) is 0 Å². The van der Waals surface area contributed by atoms with Crippen LogP contribution in [0.1, 0.15) is 11.3 Å². The molecule has 0 spiro atoms. The van der Waals surface area contributed by atoms with Crippen LogP contribution in [0.2, 0.25) is 5.02 Å². The highest BCUT2D eigenvalue weighted by molar-refractivity contribution is 6.31. The first-order valence-electron chi connectivity index (χ1n) is 6.14. The van der Waals surface area contributed by atoms with Crippen LogP contribution in [0.15, 0.2) is 36.5 Å². The largest absolute Gasteiger partial charge is 0.390 e. The van der Waals surface area contributed by atoms with Gasteiger partial charge in [0.25, 0.3) is 0 Å². The third-order valence-corrected chi connectivity index (χ3v) is 3.71. The van der Waals surface area contributed by atoms with Gasteiger partial charge in [0.2, 0.25) is 0 Å². The summed E-state index contributed by atoms with van der Waals surface area (Å²) in [5, 5.41) is 10.2. The molecule has 0 aliphatic rings. The molecule has 0 amide bonds. The average molecular weight is 291 g/mol. The van der Waals surface area contributed by atoms with Gasteiger partial charge in [0.1, 0.15) is 0 Å². The lowest BCUT2D eigenvalue weighted by Crippen LogP contribution is -1.95. The van der Waals surface area contributed by atoms with Gasteiger partial charge < -0.3 is 5.11 Å². The van der Waals surface area contributed by atoms with E-state index in [1.807, 2.05) is 19.1 Å². The summed E-state index contributed by atoms with van der Waals surface area (Å²) in [6.45, 7) is 1.67. The molecular formula is C15H12ClFN2O. The predicted molar refractivity (Wildman–Crippen MR) is 76.3 cm³/mol. The first-order valence-corrected chi connectivity index (χ1v) is 6.52. The molecule has 0 atom stereocenters. The normalized spacial score (nSPS) is 11.2. The number of aryl methyl sites for hydroxylation is 1. The Morgan fingerprint density at radius 2 is 2.15 bits per heavy atom. The van der Waals surface area contributed by atoms with Crippen molar-refractivity contribution in [1.82, 2.24) is 9.38 Å². The van der Waals surface area contributed by atoms with Gasteiger partial charge in [-0.2, -0.15) is 0 Å². The van der Waals surface area contributed by atoms with Gasteiger partial charge in [-0.05, 0) is 36.8 Å². The smallest absolute Gasteiger partial charge is 0.174 e. The zero-order chi connectivity index (χ0) is 14.3. The van der Waals surface area contributed by atoms with E-state index in [0.717, 1.165) is 11.1 Å². The van der Waals surface area contributed by atoms with E-state index in [1.54, 1.807) is 22.7 Å². The number of rotatable bonds is 2. The highest BCUT2D eigenvalue weighted by Crippen LogP contribution is 2.28. The SMILES string of the molecule is Cc1cc(-c2nc3c(F)cccn3c2CO)ccc1Cl. The molecule has 0 aliphatic heterocycles. The number of imidazole rings is 1. The molecule has 2 heterocycles. The number of halogens is 2. The number of aliphatic hydroxyl groups is 1. The summed E-state index contributed by atoms with van der Waals surface area (Å²) in [6.07, 6.45) is 1.68. The van der Waals surface area contributed by atoms with Gasteiger partial charge in [-0.3, -0.25) is 4.40 Å². The summed E-state index contributed by atoms with van der Waals surface area (Å²) < 4.78 is 15.4. The van der Waals surface area contributed by atoms with Gasteiger partial charge >= 0.3 is 0 Å². The van der Waals surface area contributed by atoms with Gasteiger partial charge in [0, 0.05) is 16.8 Å². The number of hydrogen-bond donors (Lipinski definition) is 1. The van der Waals surface area contributed by atoms with Crippen LogP contribution in [-0.4, -0.2) is 14.5 Å². The summed E-state index contributed by atoms with van der Waals surface area (Å²) in [4.78, 5) is 4.31. The van der Waals surface area contributed by atoms with Crippen molar-refractivity contribution < 1.29 is 9.50 Å². The van der Waals surface area contributed by atoms with Crippen LogP contribution in [-0.2, 0) is 6.61 Å². The first kappa shape index (κ1) is 13.1. The number of pyridine rings is 1. The van der Waals surface area contributed by atoms with Gasteiger partial charge in [-0.1, -0.05) is 17.7 Å². The molecule has 0 radical (unpaired) electrons. The topological polar surface area (TPSA) is 37.5 Å². The maximum absolute atomic E-state index is 13.8. The Hall–Kier alpha value is -1.91. The molecule has 1 aromatic carbocycles. The fourth-order valence-corrected chi connectivity index (χ4v) is 2.38. The summed E-state index contributed by atoms with van der Waals surface area (Å²) >= 11 is 6.01. The standard InChI is InChI=1S/C15H12ClFN2O/c1-9-7-10(4-5-11(9)16)14-13(8-20)19-6-2-3-12(17)15(19)18-14/h2-7,20H,8H2,1H3. The third-order valence-electron chi connectivity index (χ3n) is 3.28. The molecule has 5 heteroatoms. The van der Waals surface area contributed by atoms with Crippen LogP contribution in [0.25, 0.3) is 16.9 Å². The van der Waals surface area contributed by atoms with Gasteiger partial charge in [0.15, 0.2) is 11.5 Å². The number of hydrogen-bond acceptors (Lipinski definition) is 2. The molecule has 3 rings (SSSR count). The Kier molecular flexibility index (Phi) is 3.20. The van der Waals surface area contributed by atoms with E-state index in [0.29, 0.717) is 16.4 Å². The van der Waals surface area contributed by atoms with E-state index in [9.17, 15) is 9.50 Å². The Balaban J connectivity index is 2.30. The van der Waals surface area contributed by atoms with Crippen molar-refractivity contribution in [2.24, 2.45) is 0 Å². The number of aliphatic hydroxyl groups excluding tert-OH is 1. The molecular weight excluding hydrogens is 279 g/mol. The maximum Gasteiger partial charge on any atom is 0.174 e. The molecule has 3 nitrogen and oxygen atoms in total. The molecule has 0 aliphatic carbocycles. The fourth-order valence-electron chi connectivity index (χ4n) is 2.26. The fraction of sp³-hybridized carbons (Fsp3) is 0.133. The second-order valence-electron chi connectivity index (χ2n) is 4.58. The number of aromatic nitrogens is 2. The van der Waals surface area contributed by atoms with Crippen molar-refractivity contribution in [2.45, 2.75) is 13.5 Å². The molecule has 2 aromatic heterocycles. The number of fused-ring (bicyclic) bond motifs is 1. The lowest BCUT2D eigenvalue weighted by Gasteiger charge is -2.04. The Morgan fingerprint density at radius 3 is 2.85 bits per heavy atom. The summed E-state index contributed by atoms with van der Waals surface area (Å²) in [5.74, 6) is -0.417. The van der Waals surface area contributed by atoms with E-state index >= 15 is 0 Å². The Bertz CT molecular complexity index is 798. The van der Waals surface area contributed by atoms with Crippen LogP contribution in [0, 0.1) is 12.7 Å². The third kappa shape index (κ3) is 1.97. The highest BCUT2D eigenvalue weighted by Gasteiger charge is 2.15. The van der Waals surface area contributed by atoms with E-state index in [-0.39, 0.29) is 12.3 Å². The van der Waals surface area contributed by atoms with Crippen molar-refractivity contribution in [3.05, 3.63) is 58.6 Å². The zero-order valence-electron chi connectivity index (χ0n) is 10.8. The first-order chi connectivity index (χ1) is 9.61. The second-order valence-corrected chi connectivity index (χ2v) is 4.99. The van der Waals surface area contributed by atoms with Crippen LogP contribution in [0.4, 0.5) is 4.39 Å². The minimum absolute atomic E-state index is 0.208. The van der Waals surface area contributed by atoms with Gasteiger partial charge in [-0.25, -0.2) is 9.37 Å². The van der Waals surface area contributed by atoms with Gasteiger partial charge in [0.05, 0.1) is 18.0 Å². The van der Waals surface area contributed by atoms with Crippen molar-refractivity contribution in [1.29, 1.82) is 0 Å². The second kappa shape index (κ2) is 4.89. The van der Waals surface area contributed by atoms with E-state index < -0.39 is 5.82 Å². The summed E-state index contributed by atoms with van der Waals surface area (Å²) in [6, 6.07) is 8.39. The molecule has 1 N–H and O–H groups in total. The highest BCUT2D eigenvalue weighted by atomic mass is 35.5. The molecule has 20 heavy (non-hydrogen) atoms. The molecule has 0 bridgehead atoms. The molecule has 0 saturated carbocycles. The molecule has 0 unspecified atom stereocenters. The van der Waals surface area contributed by atoms with Crippen LogP contribution in [0.3, 0.4) is 0 Å². The maximum atomic E-state index is 13.8. The average Bonchev–Trinajstić information content (AvgIpc) is 2.82. The lowest BCUT2D eigenvalue weighted by atomic mass is 10.1.